The van der Waals surface area contributed by atoms with Crippen LogP contribution >= 0.6 is 0 Å². The summed E-state index contributed by atoms with van der Waals surface area (Å²) < 4.78 is 1.51. The van der Waals surface area contributed by atoms with Crippen molar-refractivity contribution in [2.24, 2.45) is 23.2 Å². The monoisotopic (exact) mass is 608 g/mol. The van der Waals surface area contributed by atoms with Crippen molar-refractivity contribution < 1.29 is 24.2 Å². The summed E-state index contributed by atoms with van der Waals surface area (Å²) in [5.74, 6) is 3.21. The molecular formula is C39H50Zr. The second kappa shape index (κ2) is 11.3. The van der Waals surface area contributed by atoms with Gasteiger partial charge in [0.15, 0.2) is 0 Å². The van der Waals surface area contributed by atoms with E-state index in [1.165, 1.54) is 55.1 Å². The largest absolute Gasteiger partial charge is 0.269 e. The van der Waals surface area contributed by atoms with Crippen LogP contribution in [0.5, 0.6) is 0 Å². The molecule has 8 rings (SSSR count). The Morgan fingerprint density at radius 3 is 1.55 bits per heavy atom. The van der Waals surface area contributed by atoms with Crippen LogP contribution in [0.25, 0.3) is 21.5 Å². The van der Waals surface area contributed by atoms with Crippen LogP contribution in [-0.4, -0.2) is 3.21 Å². The van der Waals surface area contributed by atoms with Gasteiger partial charge in [-0.15, -0.1) is 46.2 Å². The van der Waals surface area contributed by atoms with Crippen LogP contribution in [0.2, 0.25) is 0 Å². The molecule has 0 spiro atoms. The van der Waals surface area contributed by atoms with Crippen molar-refractivity contribution in [1.29, 1.82) is 0 Å². The van der Waals surface area contributed by atoms with Crippen LogP contribution in [0.15, 0.2) is 60.2 Å². The van der Waals surface area contributed by atoms with Crippen LogP contribution in [-0.2, 0) is 35.1 Å². The molecule has 210 valence electrons. The van der Waals surface area contributed by atoms with E-state index in [0.29, 0.717) is 5.41 Å². The molecule has 0 N–H and O–H groups in total. The Bertz CT molecular complexity index is 1330. The van der Waals surface area contributed by atoms with Gasteiger partial charge in [0.1, 0.15) is 0 Å². The van der Waals surface area contributed by atoms with Crippen molar-refractivity contribution in [3.05, 3.63) is 77.4 Å². The molecule has 3 aromatic rings. The number of hydrogen-bond acceptors (Lipinski definition) is 0. The fraction of sp³-hybridized carbons (Fsp3) is 0.538. The van der Waals surface area contributed by atoms with E-state index in [-0.39, 0.29) is 10.8 Å². The van der Waals surface area contributed by atoms with Crippen LogP contribution in [0.3, 0.4) is 0 Å². The number of benzene rings is 2. The number of rotatable bonds is 1. The summed E-state index contributed by atoms with van der Waals surface area (Å²) in [6.45, 7) is 17.9. The summed E-state index contributed by atoms with van der Waals surface area (Å²) in [6.07, 6.45) is 18.5. The maximum absolute atomic E-state index is 3.62. The first-order chi connectivity index (χ1) is 18.7. The maximum Gasteiger partial charge on any atom is -0.0373 e. The van der Waals surface area contributed by atoms with E-state index >= 15 is 0 Å². The van der Waals surface area contributed by atoms with Crippen molar-refractivity contribution >= 4 is 24.8 Å². The van der Waals surface area contributed by atoms with Crippen molar-refractivity contribution in [2.75, 3.05) is 0 Å². The molecular weight excluding hydrogens is 560 g/mol. The van der Waals surface area contributed by atoms with E-state index < -0.39 is 0 Å². The first-order valence-electron chi connectivity index (χ1n) is 15.7. The minimum Gasteiger partial charge on any atom is -0.269 e. The Kier molecular flexibility index (Phi) is 8.50. The Labute approximate surface area is 259 Å². The first-order valence-corrected chi connectivity index (χ1v) is 16.9. The minimum absolute atomic E-state index is 0.194. The Morgan fingerprint density at radius 1 is 0.775 bits per heavy atom. The number of allylic oxidation sites excluding steroid dienone is 4. The van der Waals surface area contributed by atoms with Crippen molar-refractivity contribution in [2.45, 2.75) is 111 Å². The third-order valence-corrected chi connectivity index (χ3v) is 9.74. The molecule has 0 heterocycles. The molecule has 5 aliphatic rings. The molecule has 0 amide bonds. The second-order valence-electron chi connectivity index (χ2n) is 15.6. The zero-order chi connectivity index (χ0) is 28.9. The van der Waals surface area contributed by atoms with Crippen molar-refractivity contribution in [1.82, 2.24) is 0 Å². The maximum atomic E-state index is 3.62. The van der Waals surface area contributed by atoms with Crippen molar-refractivity contribution in [3.63, 3.8) is 0 Å². The van der Waals surface area contributed by atoms with E-state index in [4.69, 9.17) is 0 Å². The molecule has 4 fully saturated rings. The van der Waals surface area contributed by atoms with Gasteiger partial charge in [0, 0.05) is 0 Å². The molecule has 1 heteroatoms. The zero-order valence-electron chi connectivity index (χ0n) is 26.4. The molecule has 3 aromatic carbocycles. The van der Waals surface area contributed by atoms with Gasteiger partial charge in [-0.2, -0.15) is 6.08 Å². The summed E-state index contributed by atoms with van der Waals surface area (Å²) in [6, 6.07) is 16.1. The van der Waals surface area contributed by atoms with Crippen molar-refractivity contribution in [3.8, 4) is 0 Å². The fourth-order valence-electron chi connectivity index (χ4n) is 8.14. The molecule has 0 nitrogen and oxygen atoms in total. The normalized spacial score (nSPS) is 26.9. The topological polar surface area (TPSA) is 0 Å². The van der Waals surface area contributed by atoms with Gasteiger partial charge in [-0.3, -0.25) is 6.08 Å². The first kappa shape index (κ1) is 30.0. The van der Waals surface area contributed by atoms with Gasteiger partial charge < -0.3 is 0 Å². The number of hydrogen-bond donors (Lipinski definition) is 0. The van der Waals surface area contributed by atoms with E-state index in [2.05, 4.69) is 116 Å². The molecule has 0 atom stereocenters. The molecule has 4 saturated carbocycles. The van der Waals surface area contributed by atoms with E-state index in [9.17, 15) is 0 Å². The van der Waals surface area contributed by atoms with E-state index in [1.54, 1.807) is 49.1 Å². The van der Waals surface area contributed by atoms with E-state index in [1.807, 2.05) is 0 Å². The zero-order valence-corrected chi connectivity index (χ0v) is 28.8. The molecule has 0 aromatic heterocycles. The van der Waals surface area contributed by atoms with Gasteiger partial charge in [-0.25, -0.2) is 11.6 Å². The second-order valence-corrected chi connectivity index (χ2v) is 18.1. The Balaban J connectivity index is 0.000000148. The quantitative estimate of drug-likeness (QED) is 0.241. The Morgan fingerprint density at radius 2 is 1.20 bits per heavy atom. The van der Waals surface area contributed by atoms with Gasteiger partial charge >= 0.3 is 41.3 Å². The third-order valence-electron chi connectivity index (χ3n) is 9.74. The molecule has 0 aliphatic heterocycles. The molecule has 0 saturated heterocycles. The molecule has 4 bridgehead atoms. The van der Waals surface area contributed by atoms with Gasteiger partial charge in [0.25, 0.3) is 0 Å². The summed E-state index contributed by atoms with van der Waals surface area (Å²) in [7, 11) is 0. The summed E-state index contributed by atoms with van der Waals surface area (Å²) in [5, 5.41) is 5.49. The molecule has 40 heavy (non-hydrogen) atoms. The number of fused-ring (bicyclic) bond motifs is 3. The van der Waals surface area contributed by atoms with Gasteiger partial charge in [-0.05, 0) is 72.5 Å². The molecule has 5 aliphatic carbocycles. The molecule has 0 unspecified atom stereocenters. The summed E-state index contributed by atoms with van der Waals surface area (Å²) in [5.41, 5.74) is 5.40. The molecule has 0 radical (unpaired) electrons. The van der Waals surface area contributed by atoms with Gasteiger partial charge in [-0.1, -0.05) is 76.9 Å². The van der Waals surface area contributed by atoms with Gasteiger partial charge in [0.05, 0.1) is 0 Å². The predicted octanol–water partition coefficient (Wildman–Crippen LogP) is 10.9. The smallest absolute Gasteiger partial charge is 0.0373 e. The average Bonchev–Trinajstić information content (AvgIpc) is 3.50. The summed E-state index contributed by atoms with van der Waals surface area (Å²) >= 11 is 1.55. The van der Waals surface area contributed by atoms with Gasteiger partial charge in [0.2, 0.25) is 0 Å². The van der Waals surface area contributed by atoms with Crippen LogP contribution in [0, 0.1) is 29.2 Å². The Hall–Kier alpha value is -1.46. The van der Waals surface area contributed by atoms with E-state index in [0.717, 1.165) is 24.2 Å². The summed E-state index contributed by atoms with van der Waals surface area (Å²) in [4.78, 5) is 0. The fourth-order valence-corrected chi connectivity index (χ4v) is 8.14. The van der Waals surface area contributed by atoms with Crippen LogP contribution < -0.4 is 0 Å². The average molecular weight is 610 g/mol. The van der Waals surface area contributed by atoms with Crippen LogP contribution in [0.4, 0.5) is 0 Å². The third kappa shape index (κ3) is 6.46. The SMILES string of the molecule is CC(C)(C)c1ccc2[cH-]c3ccc(C(C)(C)C)cc3c2c1.C[C](C)=[Zr+2].[C-]1=C(C23CC4CC(CC(C4)C2)C3)C=CC1. The predicted molar refractivity (Wildman–Crippen MR) is 172 cm³/mol. The van der Waals surface area contributed by atoms with Crippen LogP contribution in [0.1, 0.15) is 111 Å². The standard InChI is InChI=1S/C21H25.C15H19.C3H6.Zr/c1-20(2,3)16-9-7-14-11-15-8-10-17(21(4,5)6)13-19(15)18(14)12-16;1-2-4-14(3-1)15-8-11-5-12(9-15)7-13(6-11)10-15;1-3-2;/h7-13H,1-6H3;1,3,11-13H,2,5-10H2;1-2H3;/q2*-1;;+2. The minimum atomic E-state index is 0.194.